The number of nitrogens with zero attached hydrogens (tertiary/aromatic N) is 3. The Hall–Kier alpha value is -2.76. The standard InChI is InChI=1S/C12H8N4O2/c17-12(18)8-3-1-7(2-4-8)10-15-9-5-13-6-14-11(9)16-10/h1-6H,(H,17,18)(H,13,14,15,16). The molecule has 3 rings (SSSR count). The summed E-state index contributed by atoms with van der Waals surface area (Å²) in [5.41, 5.74) is 2.38. The molecule has 0 aliphatic rings. The first kappa shape index (κ1) is 10.4. The van der Waals surface area contributed by atoms with Crippen LogP contribution in [0, 0.1) is 0 Å². The molecule has 6 nitrogen and oxygen atoms in total. The maximum atomic E-state index is 10.7. The maximum Gasteiger partial charge on any atom is 0.335 e. The second-order valence-corrected chi connectivity index (χ2v) is 3.73. The summed E-state index contributed by atoms with van der Waals surface area (Å²) >= 11 is 0. The lowest BCUT2D eigenvalue weighted by molar-refractivity contribution is 0.0697. The van der Waals surface area contributed by atoms with Gasteiger partial charge in [0.15, 0.2) is 5.65 Å². The van der Waals surface area contributed by atoms with Crippen LogP contribution in [-0.2, 0) is 0 Å². The summed E-state index contributed by atoms with van der Waals surface area (Å²) in [7, 11) is 0. The SMILES string of the molecule is O=C(O)c1ccc(-c2nc3ncncc3[nH]2)cc1. The Morgan fingerprint density at radius 2 is 2.00 bits per heavy atom. The zero-order chi connectivity index (χ0) is 12.5. The van der Waals surface area contributed by atoms with Crippen LogP contribution in [-0.4, -0.2) is 31.0 Å². The van der Waals surface area contributed by atoms with Crippen LogP contribution in [0.1, 0.15) is 10.4 Å². The molecule has 0 saturated heterocycles. The number of imidazole rings is 1. The highest BCUT2D eigenvalue weighted by Gasteiger charge is 2.07. The molecule has 0 unspecified atom stereocenters. The third kappa shape index (κ3) is 1.69. The van der Waals surface area contributed by atoms with E-state index in [0.29, 0.717) is 11.5 Å². The first-order chi connectivity index (χ1) is 8.74. The smallest absolute Gasteiger partial charge is 0.335 e. The van der Waals surface area contributed by atoms with Crippen LogP contribution in [0.4, 0.5) is 0 Å². The molecular weight excluding hydrogens is 232 g/mol. The number of nitrogens with one attached hydrogen (secondary N) is 1. The van der Waals surface area contributed by atoms with Crippen LogP contribution in [0.25, 0.3) is 22.6 Å². The normalized spacial score (nSPS) is 10.7. The molecule has 0 aliphatic heterocycles. The van der Waals surface area contributed by atoms with E-state index in [0.717, 1.165) is 11.1 Å². The summed E-state index contributed by atoms with van der Waals surface area (Å²) in [5, 5.41) is 8.82. The van der Waals surface area contributed by atoms with Gasteiger partial charge in [-0.3, -0.25) is 0 Å². The van der Waals surface area contributed by atoms with Crippen LogP contribution >= 0.6 is 0 Å². The van der Waals surface area contributed by atoms with E-state index in [-0.39, 0.29) is 5.56 Å². The largest absolute Gasteiger partial charge is 0.478 e. The molecule has 0 radical (unpaired) electrons. The highest BCUT2D eigenvalue weighted by Crippen LogP contribution is 2.19. The van der Waals surface area contributed by atoms with Crippen molar-refractivity contribution in [3.05, 3.63) is 42.4 Å². The van der Waals surface area contributed by atoms with E-state index in [1.54, 1.807) is 18.3 Å². The molecule has 0 spiro atoms. The van der Waals surface area contributed by atoms with E-state index in [4.69, 9.17) is 5.11 Å². The van der Waals surface area contributed by atoms with E-state index in [1.165, 1.54) is 18.5 Å². The Labute approximate surface area is 101 Å². The van der Waals surface area contributed by atoms with E-state index < -0.39 is 5.97 Å². The molecule has 0 saturated carbocycles. The van der Waals surface area contributed by atoms with Crippen LogP contribution < -0.4 is 0 Å². The van der Waals surface area contributed by atoms with Gasteiger partial charge in [0.1, 0.15) is 17.7 Å². The molecule has 6 heteroatoms. The van der Waals surface area contributed by atoms with Crippen LogP contribution in [0.2, 0.25) is 0 Å². The number of carboxylic acids is 1. The highest BCUT2D eigenvalue weighted by molar-refractivity contribution is 5.88. The third-order valence-electron chi connectivity index (χ3n) is 2.57. The molecular formula is C12H8N4O2. The van der Waals surface area contributed by atoms with E-state index in [9.17, 15) is 4.79 Å². The zero-order valence-electron chi connectivity index (χ0n) is 9.16. The van der Waals surface area contributed by atoms with Crippen molar-refractivity contribution >= 4 is 17.1 Å². The van der Waals surface area contributed by atoms with Crippen molar-refractivity contribution in [2.24, 2.45) is 0 Å². The molecule has 18 heavy (non-hydrogen) atoms. The lowest BCUT2D eigenvalue weighted by Crippen LogP contribution is -1.95. The fourth-order valence-corrected chi connectivity index (χ4v) is 1.67. The maximum absolute atomic E-state index is 10.7. The van der Waals surface area contributed by atoms with Crippen molar-refractivity contribution in [2.45, 2.75) is 0 Å². The van der Waals surface area contributed by atoms with Gasteiger partial charge in [-0.2, -0.15) is 0 Å². The summed E-state index contributed by atoms with van der Waals surface area (Å²) in [4.78, 5) is 26.1. The Morgan fingerprint density at radius 1 is 1.22 bits per heavy atom. The first-order valence-corrected chi connectivity index (χ1v) is 5.23. The fourth-order valence-electron chi connectivity index (χ4n) is 1.67. The van der Waals surface area contributed by atoms with Gasteiger partial charge in [0.2, 0.25) is 0 Å². The van der Waals surface area contributed by atoms with Crippen molar-refractivity contribution in [1.82, 2.24) is 19.9 Å². The second-order valence-electron chi connectivity index (χ2n) is 3.73. The Morgan fingerprint density at radius 3 is 2.67 bits per heavy atom. The van der Waals surface area contributed by atoms with Gasteiger partial charge in [0.25, 0.3) is 0 Å². The van der Waals surface area contributed by atoms with Crippen LogP contribution in [0.15, 0.2) is 36.8 Å². The van der Waals surface area contributed by atoms with Crippen molar-refractivity contribution in [2.75, 3.05) is 0 Å². The summed E-state index contributed by atoms with van der Waals surface area (Å²) < 4.78 is 0. The summed E-state index contributed by atoms with van der Waals surface area (Å²) in [6.07, 6.45) is 3.07. The number of rotatable bonds is 2. The van der Waals surface area contributed by atoms with E-state index in [2.05, 4.69) is 19.9 Å². The number of hydrogen-bond acceptors (Lipinski definition) is 4. The summed E-state index contributed by atoms with van der Waals surface area (Å²) in [5.74, 6) is -0.306. The van der Waals surface area contributed by atoms with Crippen molar-refractivity contribution < 1.29 is 9.90 Å². The van der Waals surface area contributed by atoms with E-state index in [1.807, 2.05) is 0 Å². The minimum absolute atomic E-state index is 0.245. The monoisotopic (exact) mass is 240 g/mol. The molecule has 0 bridgehead atoms. The summed E-state index contributed by atoms with van der Waals surface area (Å²) in [6, 6.07) is 6.48. The molecule has 0 aliphatic carbocycles. The van der Waals surface area contributed by atoms with Gasteiger partial charge < -0.3 is 10.1 Å². The number of aromatic carboxylic acids is 1. The predicted octanol–water partition coefficient (Wildman–Crippen LogP) is 1.72. The van der Waals surface area contributed by atoms with Gasteiger partial charge >= 0.3 is 5.97 Å². The molecule has 1 aromatic carbocycles. The van der Waals surface area contributed by atoms with Crippen molar-refractivity contribution in [3.63, 3.8) is 0 Å². The van der Waals surface area contributed by atoms with Gasteiger partial charge in [-0.15, -0.1) is 0 Å². The lowest BCUT2D eigenvalue weighted by Gasteiger charge is -1.97. The molecule has 0 atom stereocenters. The van der Waals surface area contributed by atoms with Crippen LogP contribution in [0.5, 0.6) is 0 Å². The second kappa shape index (κ2) is 3.92. The molecule has 0 fully saturated rings. The number of H-pyrrole nitrogens is 1. The van der Waals surface area contributed by atoms with Crippen molar-refractivity contribution in [3.8, 4) is 11.4 Å². The topological polar surface area (TPSA) is 91.8 Å². The number of fused-ring (bicyclic) bond motifs is 1. The van der Waals surface area contributed by atoms with Gasteiger partial charge in [-0.25, -0.2) is 19.7 Å². The zero-order valence-corrected chi connectivity index (χ0v) is 9.16. The molecule has 2 heterocycles. The average Bonchev–Trinajstić information content (AvgIpc) is 2.82. The number of carbonyl (C=O) groups is 1. The van der Waals surface area contributed by atoms with Gasteiger partial charge in [-0.1, -0.05) is 12.1 Å². The van der Waals surface area contributed by atoms with Crippen LogP contribution in [0.3, 0.4) is 0 Å². The first-order valence-electron chi connectivity index (χ1n) is 5.23. The molecule has 88 valence electrons. The Kier molecular flexibility index (Phi) is 2.26. The van der Waals surface area contributed by atoms with Gasteiger partial charge in [0, 0.05) is 5.56 Å². The van der Waals surface area contributed by atoms with Crippen molar-refractivity contribution in [1.29, 1.82) is 0 Å². The molecule has 0 amide bonds. The van der Waals surface area contributed by atoms with E-state index >= 15 is 0 Å². The predicted molar refractivity (Wildman–Crippen MR) is 64.1 cm³/mol. The minimum Gasteiger partial charge on any atom is -0.478 e. The van der Waals surface area contributed by atoms with Gasteiger partial charge in [0.05, 0.1) is 11.8 Å². The molecule has 2 aromatic heterocycles. The average molecular weight is 240 g/mol. The van der Waals surface area contributed by atoms with Gasteiger partial charge in [-0.05, 0) is 12.1 Å². The summed E-state index contributed by atoms with van der Waals surface area (Å²) in [6.45, 7) is 0. The number of aromatic amines is 1. The quantitative estimate of drug-likeness (QED) is 0.711. The lowest BCUT2D eigenvalue weighted by atomic mass is 10.1. The number of benzene rings is 1. The Bertz CT molecular complexity index is 685. The number of carboxylic acid groups (broad SMARTS) is 1. The highest BCUT2D eigenvalue weighted by atomic mass is 16.4. The Balaban J connectivity index is 2.06. The number of aromatic nitrogens is 4. The molecule has 2 N–H and O–H groups in total. The number of hydrogen-bond donors (Lipinski definition) is 2. The molecule has 3 aromatic rings. The minimum atomic E-state index is -0.947. The third-order valence-corrected chi connectivity index (χ3v) is 2.57. The fraction of sp³-hybridized carbons (Fsp3) is 0.